The average Bonchev–Trinajstić information content (AvgIpc) is 2.60. The van der Waals surface area contributed by atoms with Crippen molar-refractivity contribution >= 4 is 46.6 Å². The smallest absolute Gasteiger partial charge is 0.242 e. The summed E-state index contributed by atoms with van der Waals surface area (Å²) >= 11 is 18.1. The second-order valence-electron chi connectivity index (χ2n) is 5.85. The molecule has 2 aromatic rings. The summed E-state index contributed by atoms with van der Waals surface area (Å²) in [4.78, 5) is 26.5. The maximum Gasteiger partial charge on any atom is 0.242 e. The van der Waals surface area contributed by atoms with Crippen LogP contribution in [-0.2, 0) is 22.6 Å². The van der Waals surface area contributed by atoms with Gasteiger partial charge in [0.2, 0.25) is 11.8 Å². The Balaban J connectivity index is 2.26. The Morgan fingerprint density at radius 1 is 1.08 bits per heavy atom. The van der Waals surface area contributed by atoms with Crippen LogP contribution in [0.3, 0.4) is 0 Å². The number of amides is 2. The Kier molecular flexibility index (Phi) is 7.33. The molecule has 0 bridgehead atoms. The Hall–Kier alpha value is -1.75. The van der Waals surface area contributed by atoms with Gasteiger partial charge in [0.15, 0.2) is 0 Å². The van der Waals surface area contributed by atoms with E-state index >= 15 is 0 Å². The van der Waals surface area contributed by atoms with Crippen molar-refractivity contribution < 1.29 is 9.59 Å². The minimum absolute atomic E-state index is 0.0674. The van der Waals surface area contributed by atoms with Crippen molar-refractivity contribution in [2.75, 3.05) is 7.05 Å². The Bertz CT molecular complexity index is 811. The zero-order chi connectivity index (χ0) is 19.3. The van der Waals surface area contributed by atoms with Crippen molar-refractivity contribution in [3.63, 3.8) is 0 Å². The topological polar surface area (TPSA) is 49.4 Å². The van der Waals surface area contributed by atoms with Gasteiger partial charge in [0, 0.05) is 28.7 Å². The molecule has 0 fully saturated rings. The van der Waals surface area contributed by atoms with Crippen LogP contribution in [0.25, 0.3) is 0 Å². The molecule has 138 valence electrons. The van der Waals surface area contributed by atoms with Gasteiger partial charge >= 0.3 is 0 Å². The van der Waals surface area contributed by atoms with Crippen molar-refractivity contribution in [3.8, 4) is 0 Å². The number of nitrogens with zero attached hydrogens (tertiary/aromatic N) is 1. The van der Waals surface area contributed by atoms with E-state index in [2.05, 4.69) is 5.32 Å². The van der Waals surface area contributed by atoms with Crippen molar-refractivity contribution in [2.24, 2.45) is 0 Å². The van der Waals surface area contributed by atoms with Crippen LogP contribution >= 0.6 is 34.8 Å². The zero-order valence-electron chi connectivity index (χ0n) is 14.4. The summed E-state index contributed by atoms with van der Waals surface area (Å²) < 4.78 is 0. The van der Waals surface area contributed by atoms with Crippen molar-refractivity contribution in [2.45, 2.75) is 25.9 Å². The van der Waals surface area contributed by atoms with E-state index in [1.165, 1.54) is 11.9 Å². The van der Waals surface area contributed by atoms with E-state index in [-0.39, 0.29) is 24.8 Å². The first-order valence-corrected chi connectivity index (χ1v) is 9.14. The Morgan fingerprint density at radius 2 is 1.77 bits per heavy atom. The van der Waals surface area contributed by atoms with Gasteiger partial charge < -0.3 is 10.2 Å². The van der Waals surface area contributed by atoms with Crippen LogP contribution in [0.4, 0.5) is 0 Å². The number of benzene rings is 2. The predicted molar refractivity (Wildman–Crippen MR) is 106 cm³/mol. The van der Waals surface area contributed by atoms with Crippen LogP contribution < -0.4 is 5.32 Å². The fourth-order valence-corrected chi connectivity index (χ4v) is 3.24. The van der Waals surface area contributed by atoms with Gasteiger partial charge in [-0.3, -0.25) is 9.59 Å². The quantitative estimate of drug-likeness (QED) is 0.765. The molecule has 0 spiro atoms. The van der Waals surface area contributed by atoms with Gasteiger partial charge in [-0.25, -0.2) is 0 Å². The summed E-state index contributed by atoms with van der Waals surface area (Å²) in [6.07, 6.45) is 0.0674. The zero-order valence-corrected chi connectivity index (χ0v) is 16.7. The number of likely N-dealkylation sites (N-methyl/N-ethyl adjacent to an activating group) is 1. The average molecular weight is 414 g/mol. The molecular weight excluding hydrogens is 395 g/mol. The summed E-state index contributed by atoms with van der Waals surface area (Å²) in [5.74, 6) is -0.465. The standard InChI is InChI=1S/C19H19Cl3N2O2/c1-12(19(26)23-2)24(11-13-4-3-5-15(20)8-13)18(25)9-14-6-7-16(21)10-17(14)22/h3-8,10,12H,9,11H2,1-2H3,(H,23,26). The monoisotopic (exact) mass is 412 g/mol. The molecule has 1 N–H and O–H groups in total. The second kappa shape index (κ2) is 9.26. The minimum Gasteiger partial charge on any atom is -0.357 e. The largest absolute Gasteiger partial charge is 0.357 e. The first kappa shape index (κ1) is 20.6. The van der Waals surface area contributed by atoms with Crippen LogP contribution in [0.15, 0.2) is 42.5 Å². The fraction of sp³-hybridized carbons (Fsp3) is 0.263. The molecule has 0 aliphatic carbocycles. The molecule has 2 amide bonds. The molecule has 0 aliphatic heterocycles. The number of carbonyl (C=O) groups is 2. The van der Waals surface area contributed by atoms with Gasteiger partial charge in [0.1, 0.15) is 6.04 Å². The lowest BCUT2D eigenvalue weighted by atomic mass is 10.1. The minimum atomic E-state index is -0.641. The lowest BCUT2D eigenvalue weighted by molar-refractivity contribution is -0.139. The van der Waals surface area contributed by atoms with Crippen molar-refractivity contribution in [1.29, 1.82) is 0 Å². The normalized spacial score (nSPS) is 11.7. The summed E-state index contributed by atoms with van der Waals surface area (Å²) in [5, 5.41) is 4.07. The molecule has 0 aliphatic rings. The number of hydrogen-bond acceptors (Lipinski definition) is 2. The molecule has 1 unspecified atom stereocenters. The highest BCUT2D eigenvalue weighted by atomic mass is 35.5. The number of hydrogen-bond donors (Lipinski definition) is 1. The lowest BCUT2D eigenvalue weighted by Gasteiger charge is -2.28. The van der Waals surface area contributed by atoms with Crippen LogP contribution in [0.5, 0.6) is 0 Å². The van der Waals surface area contributed by atoms with Crippen LogP contribution in [0.1, 0.15) is 18.1 Å². The number of carbonyl (C=O) groups excluding carboxylic acids is 2. The van der Waals surface area contributed by atoms with E-state index in [4.69, 9.17) is 34.8 Å². The molecule has 0 aromatic heterocycles. The first-order valence-electron chi connectivity index (χ1n) is 8.01. The van der Waals surface area contributed by atoms with Crippen molar-refractivity contribution in [1.82, 2.24) is 10.2 Å². The van der Waals surface area contributed by atoms with Gasteiger partial charge in [0.05, 0.1) is 6.42 Å². The fourth-order valence-electron chi connectivity index (χ4n) is 2.55. The molecule has 0 saturated carbocycles. The lowest BCUT2D eigenvalue weighted by Crippen LogP contribution is -2.47. The van der Waals surface area contributed by atoms with Gasteiger partial charge in [0.25, 0.3) is 0 Å². The molecule has 1 atom stereocenters. The van der Waals surface area contributed by atoms with Gasteiger partial charge in [-0.1, -0.05) is 53.0 Å². The maximum atomic E-state index is 12.9. The van der Waals surface area contributed by atoms with Gasteiger partial charge in [-0.05, 0) is 42.3 Å². The predicted octanol–water partition coefficient (Wildman–Crippen LogP) is 4.35. The summed E-state index contributed by atoms with van der Waals surface area (Å²) in [7, 11) is 1.54. The van der Waals surface area contributed by atoms with Crippen LogP contribution in [-0.4, -0.2) is 29.8 Å². The first-order chi connectivity index (χ1) is 12.3. The number of nitrogens with one attached hydrogen (secondary N) is 1. The molecule has 26 heavy (non-hydrogen) atoms. The van der Waals surface area contributed by atoms with E-state index in [9.17, 15) is 9.59 Å². The van der Waals surface area contributed by atoms with E-state index < -0.39 is 6.04 Å². The van der Waals surface area contributed by atoms with Crippen LogP contribution in [0, 0.1) is 0 Å². The third-order valence-electron chi connectivity index (χ3n) is 4.01. The molecule has 0 heterocycles. The van der Waals surface area contributed by atoms with Gasteiger partial charge in [-0.2, -0.15) is 0 Å². The van der Waals surface area contributed by atoms with E-state index in [0.29, 0.717) is 20.6 Å². The third-order valence-corrected chi connectivity index (χ3v) is 4.83. The Labute approximate surface area is 168 Å². The Morgan fingerprint density at radius 3 is 2.38 bits per heavy atom. The number of halogens is 3. The summed E-state index contributed by atoms with van der Waals surface area (Å²) in [5.41, 5.74) is 1.49. The van der Waals surface area contributed by atoms with Crippen LogP contribution in [0.2, 0.25) is 15.1 Å². The SMILES string of the molecule is CNC(=O)C(C)N(Cc1cccc(Cl)c1)C(=O)Cc1ccc(Cl)cc1Cl. The maximum absolute atomic E-state index is 12.9. The van der Waals surface area contributed by atoms with Gasteiger partial charge in [-0.15, -0.1) is 0 Å². The molecule has 2 rings (SSSR count). The summed E-state index contributed by atoms with van der Waals surface area (Å²) in [6.45, 7) is 1.95. The molecular formula is C19H19Cl3N2O2. The van der Waals surface area contributed by atoms with Crippen molar-refractivity contribution in [3.05, 3.63) is 68.7 Å². The second-order valence-corrected chi connectivity index (χ2v) is 7.13. The van der Waals surface area contributed by atoms with E-state index in [0.717, 1.165) is 5.56 Å². The third kappa shape index (κ3) is 5.37. The number of rotatable bonds is 6. The highest BCUT2D eigenvalue weighted by molar-refractivity contribution is 6.35. The summed E-state index contributed by atoms with van der Waals surface area (Å²) in [6, 6.07) is 11.5. The molecule has 7 heteroatoms. The highest BCUT2D eigenvalue weighted by Crippen LogP contribution is 2.23. The van der Waals surface area contributed by atoms with E-state index in [1.807, 2.05) is 6.07 Å². The highest BCUT2D eigenvalue weighted by Gasteiger charge is 2.26. The molecule has 2 aromatic carbocycles. The van der Waals surface area contributed by atoms with E-state index in [1.54, 1.807) is 43.3 Å². The molecule has 0 radical (unpaired) electrons. The molecule has 4 nitrogen and oxygen atoms in total. The molecule has 0 saturated heterocycles.